The minimum absolute atomic E-state index is 1.15. The Morgan fingerprint density at radius 2 is 2.30 bits per heavy atom. The Hall–Kier alpha value is 0.0700. The van der Waals surface area contributed by atoms with Crippen molar-refractivity contribution in [3.05, 3.63) is 14.9 Å². The van der Waals surface area contributed by atoms with Gasteiger partial charge in [0.1, 0.15) is 4.83 Å². The van der Waals surface area contributed by atoms with Crippen molar-refractivity contribution >= 4 is 48.1 Å². The van der Waals surface area contributed by atoms with Crippen LogP contribution in [0.3, 0.4) is 0 Å². The van der Waals surface area contributed by atoms with Crippen LogP contribution in [0.5, 0.6) is 0 Å². The van der Waals surface area contributed by atoms with E-state index in [0.717, 1.165) is 9.84 Å². The molecule has 4 heteroatoms. The third-order valence-electron chi connectivity index (χ3n) is 1.17. The molecule has 0 amide bonds. The summed E-state index contributed by atoms with van der Waals surface area (Å²) in [6.45, 7) is 2.03. The van der Waals surface area contributed by atoms with Crippen LogP contribution >= 0.6 is 38.6 Å². The summed E-state index contributed by atoms with van der Waals surface area (Å²) in [5, 5.41) is 1.15. The zero-order valence-electron chi connectivity index (χ0n) is 5.22. The third kappa shape index (κ3) is 1.00. The first-order valence-electron chi connectivity index (χ1n) is 2.78. The maximum Gasteiger partial charge on any atom is 0.135 e. The highest BCUT2D eigenvalue weighted by atomic mass is 79.9. The van der Waals surface area contributed by atoms with E-state index in [0.29, 0.717) is 0 Å². The number of thiophene rings is 1. The lowest BCUT2D eigenvalue weighted by molar-refractivity contribution is 1.36. The molecule has 2 aromatic heterocycles. The second-order valence-corrected chi connectivity index (χ2v) is 5.60. The summed E-state index contributed by atoms with van der Waals surface area (Å²) in [6, 6.07) is 2.12. The maximum absolute atomic E-state index is 4.34. The summed E-state index contributed by atoms with van der Waals surface area (Å²) < 4.78 is 2.45. The molecule has 52 valence electrons. The van der Waals surface area contributed by atoms with Crippen LogP contribution in [0.1, 0.15) is 5.01 Å². The van der Waals surface area contributed by atoms with Crippen LogP contribution < -0.4 is 0 Å². The molecule has 0 aliphatic carbocycles. The van der Waals surface area contributed by atoms with E-state index in [2.05, 4.69) is 27.0 Å². The van der Waals surface area contributed by atoms with Gasteiger partial charge in [0.15, 0.2) is 0 Å². The molecule has 2 heterocycles. The van der Waals surface area contributed by atoms with Gasteiger partial charge in [-0.25, -0.2) is 4.98 Å². The molecule has 0 aromatic carbocycles. The fourth-order valence-electron chi connectivity index (χ4n) is 0.813. The fourth-order valence-corrected chi connectivity index (χ4v) is 3.50. The number of nitrogens with zero attached hydrogens (tertiary/aromatic N) is 1. The molecular formula is C6H4BrNS2. The molecule has 0 aliphatic rings. The van der Waals surface area contributed by atoms with Crippen molar-refractivity contribution in [1.29, 1.82) is 0 Å². The first-order chi connectivity index (χ1) is 4.75. The summed E-state index contributed by atoms with van der Waals surface area (Å²) in [5.41, 5.74) is 0. The average Bonchev–Trinajstić information content (AvgIpc) is 2.21. The molecule has 0 radical (unpaired) electrons. The predicted octanol–water partition coefficient (Wildman–Crippen LogP) is 3.43. The topological polar surface area (TPSA) is 12.9 Å². The molecule has 0 saturated heterocycles. The normalized spacial score (nSPS) is 11.0. The van der Waals surface area contributed by atoms with Crippen LogP contribution in [0.2, 0.25) is 0 Å². The Labute approximate surface area is 74.8 Å². The van der Waals surface area contributed by atoms with E-state index < -0.39 is 0 Å². The number of aryl methyl sites for hydroxylation is 1. The van der Waals surface area contributed by atoms with Crippen molar-refractivity contribution in [3.63, 3.8) is 0 Å². The van der Waals surface area contributed by atoms with Crippen LogP contribution in [-0.4, -0.2) is 4.98 Å². The number of aromatic nitrogens is 1. The molecule has 0 spiro atoms. The second kappa shape index (κ2) is 2.29. The predicted molar refractivity (Wildman–Crippen MR) is 49.9 cm³/mol. The van der Waals surface area contributed by atoms with Gasteiger partial charge in [0.05, 0.1) is 13.5 Å². The molecule has 1 nitrogen and oxygen atoms in total. The molecule has 0 fully saturated rings. The SMILES string of the molecule is Cc1nc2sc(Br)cc2s1. The van der Waals surface area contributed by atoms with E-state index >= 15 is 0 Å². The van der Waals surface area contributed by atoms with Gasteiger partial charge in [0, 0.05) is 0 Å². The van der Waals surface area contributed by atoms with Crippen LogP contribution in [0.25, 0.3) is 9.53 Å². The van der Waals surface area contributed by atoms with Crippen LogP contribution in [0.4, 0.5) is 0 Å². The molecule has 2 aromatic rings. The Balaban J connectivity index is 2.83. The van der Waals surface area contributed by atoms with E-state index in [4.69, 9.17) is 0 Å². The zero-order valence-corrected chi connectivity index (χ0v) is 8.44. The average molecular weight is 234 g/mol. The van der Waals surface area contributed by atoms with Gasteiger partial charge in [-0.2, -0.15) is 0 Å². The minimum Gasteiger partial charge on any atom is -0.231 e. The molecule has 10 heavy (non-hydrogen) atoms. The maximum atomic E-state index is 4.34. The molecular weight excluding hydrogens is 230 g/mol. The molecule has 2 rings (SSSR count). The Morgan fingerprint density at radius 1 is 1.50 bits per heavy atom. The van der Waals surface area contributed by atoms with E-state index in [-0.39, 0.29) is 0 Å². The summed E-state index contributed by atoms with van der Waals surface area (Å²) in [6.07, 6.45) is 0. The van der Waals surface area contributed by atoms with Crippen LogP contribution in [0, 0.1) is 6.92 Å². The van der Waals surface area contributed by atoms with Crippen molar-refractivity contribution < 1.29 is 0 Å². The Morgan fingerprint density at radius 3 is 3.00 bits per heavy atom. The zero-order chi connectivity index (χ0) is 7.14. The van der Waals surface area contributed by atoms with Gasteiger partial charge in [-0.05, 0) is 28.9 Å². The fraction of sp³-hybridized carbons (Fsp3) is 0.167. The number of hydrogen-bond acceptors (Lipinski definition) is 3. The molecule has 0 bridgehead atoms. The quantitative estimate of drug-likeness (QED) is 0.680. The summed E-state index contributed by atoms with van der Waals surface area (Å²) in [4.78, 5) is 5.49. The first-order valence-corrected chi connectivity index (χ1v) is 5.21. The van der Waals surface area contributed by atoms with Gasteiger partial charge in [-0.3, -0.25) is 0 Å². The second-order valence-electron chi connectivity index (χ2n) is 1.95. The van der Waals surface area contributed by atoms with Gasteiger partial charge in [0.25, 0.3) is 0 Å². The summed E-state index contributed by atoms with van der Waals surface area (Å²) in [5.74, 6) is 0. The molecule has 0 N–H and O–H groups in total. The van der Waals surface area contributed by atoms with E-state index in [1.54, 1.807) is 22.7 Å². The van der Waals surface area contributed by atoms with Crippen molar-refractivity contribution in [2.24, 2.45) is 0 Å². The number of thiazole rings is 1. The van der Waals surface area contributed by atoms with Crippen LogP contribution in [0.15, 0.2) is 9.85 Å². The highest BCUT2D eigenvalue weighted by Gasteiger charge is 2.02. The third-order valence-corrected chi connectivity index (χ3v) is 3.75. The van der Waals surface area contributed by atoms with Gasteiger partial charge in [-0.1, -0.05) is 0 Å². The van der Waals surface area contributed by atoms with Crippen molar-refractivity contribution in [2.75, 3.05) is 0 Å². The van der Waals surface area contributed by atoms with Gasteiger partial charge in [0.2, 0.25) is 0 Å². The lowest BCUT2D eigenvalue weighted by Crippen LogP contribution is -1.59. The number of fused-ring (bicyclic) bond motifs is 1. The Kier molecular flexibility index (Phi) is 1.55. The van der Waals surface area contributed by atoms with E-state index in [1.165, 1.54) is 8.49 Å². The lowest BCUT2D eigenvalue weighted by atomic mass is 10.6. The number of halogens is 1. The lowest BCUT2D eigenvalue weighted by Gasteiger charge is -1.72. The molecule has 0 aliphatic heterocycles. The molecule has 0 atom stereocenters. The molecule has 0 unspecified atom stereocenters. The van der Waals surface area contributed by atoms with Gasteiger partial charge >= 0.3 is 0 Å². The highest BCUT2D eigenvalue weighted by Crippen LogP contribution is 2.32. The van der Waals surface area contributed by atoms with Crippen LogP contribution in [-0.2, 0) is 0 Å². The monoisotopic (exact) mass is 233 g/mol. The number of rotatable bonds is 0. The highest BCUT2D eigenvalue weighted by molar-refractivity contribution is 9.11. The standard InChI is InChI=1S/C6H4BrNS2/c1-3-8-6-4(9-3)2-5(7)10-6/h2H,1H3. The van der Waals surface area contributed by atoms with Gasteiger partial charge < -0.3 is 0 Å². The smallest absolute Gasteiger partial charge is 0.135 e. The van der Waals surface area contributed by atoms with Crippen molar-refractivity contribution in [1.82, 2.24) is 4.98 Å². The Bertz CT molecular complexity index is 300. The molecule has 0 saturated carbocycles. The van der Waals surface area contributed by atoms with Gasteiger partial charge in [-0.15, -0.1) is 22.7 Å². The van der Waals surface area contributed by atoms with E-state index in [1.807, 2.05) is 6.92 Å². The van der Waals surface area contributed by atoms with Crippen molar-refractivity contribution in [2.45, 2.75) is 6.92 Å². The van der Waals surface area contributed by atoms with E-state index in [9.17, 15) is 0 Å². The van der Waals surface area contributed by atoms with Crippen molar-refractivity contribution in [3.8, 4) is 0 Å². The summed E-state index contributed by atoms with van der Waals surface area (Å²) >= 11 is 6.84. The first kappa shape index (κ1) is 6.76. The summed E-state index contributed by atoms with van der Waals surface area (Å²) in [7, 11) is 0. The minimum atomic E-state index is 1.15. The largest absolute Gasteiger partial charge is 0.231 e. The number of hydrogen-bond donors (Lipinski definition) is 0.